The molecule has 0 bridgehead atoms. The topological polar surface area (TPSA) is 26.3 Å². The molecule has 0 heterocycles. The van der Waals surface area contributed by atoms with Gasteiger partial charge in [-0.25, -0.2) is 0 Å². The first-order chi connectivity index (χ1) is 5.79. The van der Waals surface area contributed by atoms with Gasteiger partial charge >= 0.3 is 80.6 Å². The summed E-state index contributed by atoms with van der Waals surface area (Å²) in [6, 6.07) is 0. The fourth-order valence-electron chi connectivity index (χ4n) is 1.75. The molecule has 2 atom stereocenters. The third kappa shape index (κ3) is 2.25. The minimum atomic E-state index is 0.145. The number of rotatable bonds is 3. The van der Waals surface area contributed by atoms with E-state index >= 15 is 0 Å². The van der Waals surface area contributed by atoms with Crippen molar-refractivity contribution >= 4 is 10.9 Å². The van der Waals surface area contributed by atoms with E-state index in [4.69, 9.17) is 4.74 Å². The van der Waals surface area contributed by atoms with Crippen LogP contribution in [0.2, 0.25) is 0 Å². The molecule has 0 aromatic rings. The Bertz CT molecular complexity index is 179. The van der Waals surface area contributed by atoms with Gasteiger partial charge in [0.1, 0.15) is 0 Å². The molecule has 0 N–H and O–H groups in total. The van der Waals surface area contributed by atoms with Crippen LogP contribution in [0.3, 0.4) is 0 Å². The fourth-order valence-corrected chi connectivity index (χ4v) is 2.14. The first-order valence-electron chi connectivity index (χ1n) is 4.30. The molecule has 2 nitrogen and oxygen atoms in total. The Balaban J connectivity index is 2.58. The summed E-state index contributed by atoms with van der Waals surface area (Å²) in [6.07, 6.45) is 5.45. The van der Waals surface area contributed by atoms with Gasteiger partial charge in [0.05, 0.1) is 0 Å². The second kappa shape index (κ2) is 4.90. The number of carbonyl (C=O) groups excluding carboxylic acids is 1. The van der Waals surface area contributed by atoms with Crippen molar-refractivity contribution in [2.45, 2.75) is 25.7 Å². The van der Waals surface area contributed by atoms with Crippen molar-refractivity contribution in [2.75, 3.05) is 7.11 Å². The second-order valence-electron chi connectivity index (χ2n) is 3.19. The molecule has 0 aliphatic heterocycles. The SMILES string of the molecule is CO[C](=[Fe+])C1CCCCC1C=O. The molecular weight excluding hydrogens is 196 g/mol. The molecule has 1 rings (SSSR count). The summed E-state index contributed by atoms with van der Waals surface area (Å²) in [5, 5.41) is 0. The van der Waals surface area contributed by atoms with Crippen molar-refractivity contribution in [3.05, 3.63) is 0 Å². The first-order valence-corrected chi connectivity index (χ1v) is 4.85. The number of aldehydes is 1. The van der Waals surface area contributed by atoms with E-state index < -0.39 is 0 Å². The molecule has 1 aliphatic carbocycles. The summed E-state index contributed by atoms with van der Waals surface area (Å²) in [7, 11) is 1.62. The molecule has 0 aromatic heterocycles. The molecule has 0 amide bonds. The van der Waals surface area contributed by atoms with E-state index in [2.05, 4.69) is 15.6 Å². The molecule has 1 saturated carbocycles. The van der Waals surface area contributed by atoms with Gasteiger partial charge in [0.25, 0.3) is 0 Å². The molecule has 0 radical (unpaired) electrons. The number of hydrogen-bond acceptors (Lipinski definition) is 2. The van der Waals surface area contributed by atoms with Crippen LogP contribution in [0.25, 0.3) is 0 Å². The summed E-state index contributed by atoms with van der Waals surface area (Å²) < 4.78 is 5.84. The van der Waals surface area contributed by atoms with Crippen LogP contribution in [-0.2, 0) is 25.1 Å². The monoisotopic (exact) mass is 210 g/mol. The van der Waals surface area contributed by atoms with Gasteiger partial charge in [-0.15, -0.1) is 0 Å². The van der Waals surface area contributed by atoms with Crippen LogP contribution >= 0.6 is 0 Å². The maximum atomic E-state index is 10.7. The Labute approximate surface area is 81.0 Å². The summed E-state index contributed by atoms with van der Waals surface area (Å²) >= 11 is 3.81. The molecule has 69 valence electrons. The maximum absolute atomic E-state index is 10.7. The zero-order valence-electron chi connectivity index (χ0n) is 7.23. The second-order valence-corrected chi connectivity index (χ2v) is 3.73. The predicted molar refractivity (Wildman–Crippen MR) is 43.5 cm³/mol. The van der Waals surface area contributed by atoms with Gasteiger partial charge < -0.3 is 0 Å². The van der Waals surface area contributed by atoms with E-state index in [0.29, 0.717) is 0 Å². The first kappa shape index (κ1) is 10.1. The van der Waals surface area contributed by atoms with Gasteiger partial charge in [-0.2, -0.15) is 0 Å². The molecule has 3 heteroatoms. The van der Waals surface area contributed by atoms with Crippen LogP contribution in [0, 0.1) is 11.8 Å². The normalized spacial score (nSPS) is 29.8. The van der Waals surface area contributed by atoms with Gasteiger partial charge in [0.2, 0.25) is 0 Å². The van der Waals surface area contributed by atoms with Crippen molar-refractivity contribution in [1.82, 2.24) is 0 Å². The Kier molecular flexibility index (Phi) is 4.13. The molecule has 0 spiro atoms. The molecular formula is C9H14FeO2+. The third-order valence-corrected chi connectivity index (χ3v) is 3.10. The van der Waals surface area contributed by atoms with Crippen LogP contribution in [0.1, 0.15) is 25.7 Å². The van der Waals surface area contributed by atoms with Crippen LogP contribution < -0.4 is 0 Å². The van der Waals surface area contributed by atoms with Gasteiger partial charge in [-0.1, -0.05) is 0 Å². The van der Waals surface area contributed by atoms with Crippen molar-refractivity contribution < 1.29 is 25.1 Å². The van der Waals surface area contributed by atoms with Crippen LogP contribution in [-0.4, -0.2) is 18.0 Å². The van der Waals surface area contributed by atoms with Gasteiger partial charge in [-0.3, -0.25) is 0 Å². The summed E-state index contributed by atoms with van der Waals surface area (Å²) in [6.45, 7) is 0. The van der Waals surface area contributed by atoms with E-state index in [1.54, 1.807) is 7.11 Å². The van der Waals surface area contributed by atoms with Crippen molar-refractivity contribution in [1.29, 1.82) is 0 Å². The number of methoxy groups -OCH3 is 1. The number of hydrogen-bond donors (Lipinski definition) is 0. The van der Waals surface area contributed by atoms with Crippen molar-refractivity contribution in [3.8, 4) is 0 Å². The van der Waals surface area contributed by atoms with E-state index in [0.717, 1.165) is 30.2 Å². The van der Waals surface area contributed by atoms with Crippen LogP contribution in [0.5, 0.6) is 0 Å². The average Bonchev–Trinajstić information content (AvgIpc) is 2.16. The van der Waals surface area contributed by atoms with Gasteiger partial charge in [0.15, 0.2) is 0 Å². The Hall–Kier alpha value is 0.0195. The molecule has 0 saturated heterocycles. The summed E-state index contributed by atoms with van der Waals surface area (Å²) in [5.74, 6) is 0.410. The average molecular weight is 210 g/mol. The molecule has 2 unspecified atom stereocenters. The van der Waals surface area contributed by atoms with Crippen molar-refractivity contribution in [3.63, 3.8) is 0 Å². The van der Waals surface area contributed by atoms with Gasteiger partial charge in [0, 0.05) is 0 Å². The fraction of sp³-hybridized carbons (Fsp3) is 0.778. The summed E-state index contributed by atoms with van der Waals surface area (Å²) in [5.41, 5.74) is 0. The Morgan fingerprint density at radius 3 is 2.75 bits per heavy atom. The third-order valence-electron chi connectivity index (χ3n) is 2.47. The zero-order valence-corrected chi connectivity index (χ0v) is 8.33. The Morgan fingerprint density at radius 1 is 1.50 bits per heavy atom. The van der Waals surface area contributed by atoms with Crippen LogP contribution in [0.4, 0.5) is 0 Å². The van der Waals surface area contributed by atoms with E-state index in [1.807, 2.05) is 0 Å². The predicted octanol–water partition coefficient (Wildman–Crippen LogP) is 1.31. The van der Waals surface area contributed by atoms with Crippen molar-refractivity contribution in [2.24, 2.45) is 11.8 Å². The van der Waals surface area contributed by atoms with Crippen LogP contribution in [0.15, 0.2) is 0 Å². The quantitative estimate of drug-likeness (QED) is 0.518. The standard InChI is InChI=1S/C9H14O2.Fe/c1-11-7-9-5-3-2-4-8(9)6-10;/h6,8-9H,2-5H2,1H3;/q;+1. The zero-order chi connectivity index (χ0) is 8.97. The molecule has 0 aromatic carbocycles. The molecule has 1 aliphatic rings. The minimum absolute atomic E-state index is 0.145. The number of ether oxygens (including phenoxy) is 1. The molecule has 1 fully saturated rings. The van der Waals surface area contributed by atoms with E-state index in [9.17, 15) is 4.79 Å². The van der Waals surface area contributed by atoms with Gasteiger partial charge in [-0.05, 0) is 0 Å². The molecule has 12 heavy (non-hydrogen) atoms. The number of carbonyl (C=O) groups is 1. The van der Waals surface area contributed by atoms with E-state index in [1.165, 1.54) is 6.42 Å². The summed E-state index contributed by atoms with van der Waals surface area (Å²) in [4.78, 5) is 10.7. The Morgan fingerprint density at radius 2 is 2.17 bits per heavy atom. The van der Waals surface area contributed by atoms with E-state index in [-0.39, 0.29) is 11.8 Å².